The largest absolute Gasteiger partial charge is 0.504 e. The van der Waals surface area contributed by atoms with E-state index >= 15 is 0 Å². The van der Waals surface area contributed by atoms with Crippen molar-refractivity contribution < 1.29 is 139 Å². The molecule has 4 aromatic rings. The first-order valence-electron chi connectivity index (χ1n) is 19.2. The lowest BCUT2D eigenvalue weighted by Gasteiger charge is -2.44. The molecule has 0 aromatic heterocycles. The number of phenolic OH excluding ortho intramolecular Hbond substituents is 12. The summed E-state index contributed by atoms with van der Waals surface area (Å²) in [6, 6.07) is 2.03. The molecule has 1 fully saturated rings. The lowest BCUT2D eigenvalue weighted by Crippen LogP contribution is -2.63. The number of esters is 5. The number of cyclic esters (lactones) is 1. The van der Waals surface area contributed by atoms with Crippen LogP contribution in [0.2, 0.25) is 0 Å². The van der Waals surface area contributed by atoms with Gasteiger partial charge in [0.2, 0.25) is 29.6 Å². The Labute approximate surface area is 380 Å². The van der Waals surface area contributed by atoms with Gasteiger partial charge in [-0.2, -0.15) is 0 Å². The maximum absolute atomic E-state index is 14.6. The molecule has 3 heterocycles. The van der Waals surface area contributed by atoms with E-state index in [-0.39, 0.29) is 6.07 Å². The van der Waals surface area contributed by atoms with Gasteiger partial charge in [-0.3, -0.25) is 9.59 Å². The molecule has 69 heavy (non-hydrogen) atoms. The van der Waals surface area contributed by atoms with Crippen molar-refractivity contribution in [1.82, 2.24) is 0 Å². The molecule has 8 atom stereocenters. The van der Waals surface area contributed by atoms with Crippen LogP contribution in [0.4, 0.5) is 0 Å². The number of rotatable bonds is 6. The topological polar surface area (TPSA) is 478 Å². The van der Waals surface area contributed by atoms with Gasteiger partial charge >= 0.3 is 41.8 Å². The summed E-state index contributed by atoms with van der Waals surface area (Å²) in [6.07, 6.45) is -17.4. The number of aliphatic hydroxyl groups excluding tert-OH is 1. The molecule has 7 rings (SSSR count). The van der Waals surface area contributed by atoms with Gasteiger partial charge in [0.1, 0.15) is 12.7 Å². The second-order valence-corrected chi connectivity index (χ2v) is 15.1. The van der Waals surface area contributed by atoms with Gasteiger partial charge < -0.3 is 105 Å². The Kier molecular flexibility index (Phi) is 12.1. The van der Waals surface area contributed by atoms with Gasteiger partial charge in [-0.25, -0.2) is 24.0 Å². The number of hydrogen-bond acceptors (Lipinski definition) is 26. The number of phenols is 12. The average Bonchev–Trinajstić information content (AvgIpc) is 3.29. The number of carboxylic acids is 2. The minimum atomic E-state index is -3.03. The Bertz CT molecular complexity index is 2880. The van der Waals surface area contributed by atoms with Crippen LogP contribution in [0.5, 0.6) is 69.0 Å². The maximum atomic E-state index is 14.6. The van der Waals surface area contributed by atoms with E-state index in [1.807, 2.05) is 0 Å². The number of aliphatic hydroxyl groups is 1. The fourth-order valence-electron chi connectivity index (χ4n) is 7.80. The van der Waals surface area contributed by atoms with E-state index in [9.17, 15) is 110 Å². The molecule has 0 aliphatic carbocycles. The molecule has 15 N–H and O–H groups in total. The lowest BCUT2D eigenvalue weighted by atomic mass is 9.77. The van der Waals surface area contributed by atoms with Crippen molar-refractivity contribution in [3.8, 4) is 80.1 Å². The smallest absolute Gasteiger partial charge is 0.340 e. The van der Waals surface area contributed by atoms with Crippen molar-refractivity contribution in [1.29, 1.82) is 0 Å². The summed E-state index contributed by atoms with van der Waals surface area (Å²) in [7, 11) is 0. The summed E-state index contributed by atoms with van der Waals surface area (Å²) >= 11 is 0. The highest BCUT2D eigenvalue weighted by Gasteiger charge is 2.57. The number of carboxylic acid groups (broad SMARTS) is 2. The van der Waals surface area contributed by atoms with Gasteiger partial charge in [0.05, 0.1) is 34.6 Å². The van der Waals surface area contributed by atoms with Gasteiger partial charge in [-0.1, -0.05) is 0 Å². The van der Waals surface area contributed by atoms with Gasteiger partial charge in [0.15, 0.2) is 70.1 Å². The molecule has 4 aromatic carbocycles. The highest BCUT2D eigenvalue weighted by atomic mass is 16.7. The van der Waals surface area contributed by atoms with E-state index in [0.29, 0.717) is 24.3 Å². The van der Waals surface area contributed by atoms with Crippen LogP contribution in [-0.2, 0) is 42.8 Å². The molecule has 4 bridgehead atoms. The summed E-state index contributed by atoms with van der Waals surface area (Å²) in [5.74, 6) is -35.3. The third-order valence-corrected chi connectivity index (χ3v) is 11.0. The molecule has 3 aliphatic rings. The predicted octanol–water partition coefficient (Wildman–Crippen LogP) is -0.131. The molecule has 0 unspecified atom stereocenters. The Hall–Kier alpha value is -9.31. The van der Waals surface area contributed by atoms with E-state index in [2.05, 4.69) is 0 Å². The minimum Gasteiger partial charge on any atom is -0.504 e. The second-order valence-electron chi connectivity index (χ2n) is 15.1. The predicted molar refractivity (Wildman–Crippen MR) is 210 cm³/mol. The number of aliphatic carboxylic acids is 2. The summed E-state index contributed by atoms with van der Waals surface area (Å²) < 4.78 is 33.4. The molecule has 1 saturated heterocycles. The minimum absolute atomic E-state index is 0.264. The highest BCUT2D eigenvalue weighted by Crippen LogP contribution is 2.54. The number of fused-ring (bicyclic) bond motifs is 4. The second kappa shape index (κ2) is 17.5. The summed E-state index contributed by atoms with van der Waals surface area (Å²) in [5, 5.41) is 158. The van der Waals surface area contributed by atoms with Crippen molar-refractivity contribution in [2.75, 3.05) is 6.61 Å². The van der Waals surface area contributed by atoms with Crippen molar-refractivity contribution in [2.24, 2.45) is 5.92 Å². The van der Waals surface area contributed by atoms with E-state index in [0.717, 1.165) is 0 Å². The number of aromatic hydroxyl groups is 12. The van der Waals surface area contributed by atoms with E-state index < -0.39 is 211 Å². The van der Waals surface area contributed by atoms with Crippen LogP contribution in [0.3, 0.4) is 0 Å². The Morgan fingerprint density at radius 1 is 0.580 bits per heavy atom. The summed E-state index contributed by atoms with van der Waals surface area (Å²) in [6.45, 7) is -1.38. The van der Waals surface area contributed by atoms with E-state index in [4.69, 9.17) is 28.4 Å². The standard InChI is InChI=1S/C41H32O28/c42-13-1-8(2-14(43)24(13)49)36(59)69-41-34-33-32(66-40(63)12(6-19(47)48)23(31(56)35(57)58)22-11(39(62)68-34)5-17(46)27(52)30(22)55)18(65-41)7-64-37(60)9-3-15(44)25(50)28(53)20(9)21-10(38(61)67-33)4-16(45)26(51)29(21)54/h1-5,12,18,23,31-34,41-46,49-56H,6-7H2,(H,47,48)(H,57,58)/t12-,18-,23+,31+,32-,33+,34-,41+/m1/s1. The van der Waals surface area contributed by atoms with Gasteiger partial charge in [-0.15, -0.1) is 0 Å². The van der Waals surface area contributed by atoms with Crippen molar-refractivity contribution in [3.05, 3.63) is 58.1 Å². The fourth-order valence-corrected chi connectivity index (χ4v) is 7.80. The van der Waals surface area contributed by atoms with Crippen LogP contribution in [0, 0.1) is 5.92 Å². The van der Waals surface area contributed by atoms with Gasteiger partial charge in [-0.05, 0) is 30.3 Å². The lowest BCUT2D eigenvalue weighted by molar-refractivity contribution is -0.287. The molecule has 0 amide bonds. The number of hydrogen-bond donors (Lipinski definition) is 15. The molecular weight excluding hydrogens is 940 g/mol. The number of carbonyl (C=O) groups excluding carboxylic acids is 5. The SMILES string of the molecule is O=C(O)C[C@H]1C(=O)O[C@H]2[C@@H]3OC(=O)c4cc(O)c(O)c(O)c4-c4c(cc(O)c(O)c4O)C(=O)OC[C@H]2O[C@@H](OC(=O)c2cc(O)c(O)c(O)c2)[C@@H]3OC(=O)c2cc(O)c(O)c(O)c2[C@H]1[C@H](O)C(=O)O. The van der Waals surface area contributed by atoms with Gasteiger partial charge in [0.25, 0.3) is 0 Å². The number of benzene rings is 4. The number of carbonyl (C=O) groups is 7. The monoisotopic (exact) mass is 972 g/mol. The normalized spacial score (nSPS) is 22.7. The molecule has 28 nitrogen and oxygen atoms in total. The van der Waals surface area contributed by atoms with E-state index in [1.165, 1.54) is 0 Å². The van der Waals surface area contributed by atoms with Crippen molar-refractivity contribution >= 4 is 41.8 Å². The average molecular weight is 973 g/mol. The van der Waals surface area contributed by atoms with Crippen molar-refractivity contribution in [2.45, 2.75) is 49.1 Å². The maximum Gasteiger partial charge on any atom is 0.340 e. The highest BCUT2D eigenvalue weighted by molar-refractivity contribution is 6.08. The first-order chi connectivity index (χ1) is 32.3. The van der Waals surface area contributed by atoms with Crippen molar-refractivity contribution in [3.63, 3.8) is 0 Å². The first-order valence-corrected chi connectivity index (χ1v) is 19.2. The van der Waals surface area contributed by atoms with E-state index in [1.54, 1.807) is 0 Å². The third-order valence-electron chi connectivity index (χ3n) is 11.0. The molecule has 0 radical (unpaired) electrons. The Balaban J connectivity index is 1.53. The third kappa shape index (κ3) is 8.20. The molecular formula is C41H32O28. The zero-order chi connectivity index (χ0) is 50.8. The molecule has 28 heteroatoms. The molecule has 0 spiro atoms. The van der Waals surface area contributed by atoms with Crippen LogP contribution in [0.1, 0.15) is 59.3 Å². The summed E-state index contributed by atoms with van der Waals surface area (Å²) in [5.41, 5.74) is -8.02. The molecule has 0 saturated carbocycles. The quantitative estimate of drug-likeness (QED) is 0.0680. The zero-order valence-electron chi connectivity index (χ0n) is 33.9. The first kappa shape index (κ1) is 47.6. The molecule has 3 aliphatic heterocycles. The van der Waals surface area contributed by atoms with Crippen LogP contribution in [-0.4, -0.2) is 162 Å². The Morgan fingerprint density at radius 2 is 1.06 bits per heavy atom. The van der Waals surface area contributed by atoms with Crippen LogP contribution in [0.15, 0.2) is 30.3 Å². The van der Waals surface area contributed by atoms with Crippen LogP contribution < -0.4 is 0 Å². The zero-order valence-corrected chi connectivity index (χ0v) is 33.9. The summed E-state index contributed by atoms with van der Waals surface area (Å²) in [4.78, 5) is 96.0. The number of ether oxygens (including phenoxy) is 6. The fraction of sp³-hybridized carbons (Fsp3) is 0.244. The van der Waals surface area contributed by atoms with Crippen LogP contribution in [0.25, 0.3) is 11.1 Å². The van der Waals surface area contributed by atoms with Crippen LogP contribution >= 0.6 is 0 Å². The Morgan fingerprint density at radius 3 is 1.59 bits per heavy atom. The van der Waals surface area contributed by atoms with Gasteiger partial charge in [0, 0.05) is 22.6 Å². The molecule has 364 valence electrons.